The summed E-state index contributed by atoms with van der Waals surface area (Å²) in [4.78, 5) is 33.7. The van der Waals surface area contributed by atoms with Crippen LogP contribution in [0.4, 0.5) is 5.95 Å². The van der Waals surface area contributed by atoms with E-state index in [1.165, 1.54) is 0 Å². The minimum Gasteiger partial charge on any atom is -0.493 e. The highest BCUT2D eigenvalue weighted by molar-refractivity contribution is 5.98. The zero-order valence-electron chi connectivity index (χ0n) is 17.6. The first-order chi connectivity index (χ1) is 15.6. The van der Waals surface area contributed by atoms with Crippen molar-refractivity contribution in [1.29, 1.82) is 0 Å². The Kier molecular flexibility index (Phi) is 4.97. The Labute approximate surface area is 184 Å². The SMILES string of the molecule is COc1ccc([C@H]2CC(=O)c3cnc(N[C@H]4OC(=O)c5ccccc54)nc3C2)cc1OC. The second kappa shape index (κ2) is 7.96. The number of nitrogens with one attached hydrogen (secondary N) is 1. The number of methoxy groups -OCH3 is 2. The van der Waals surface area contributed by atoms with E-state index in [1.807, 2.05) is 30.3 Å². The van der Waals surface area contributed by atoms with Gasteiger partial charge in [-0.3, -0.25) is 4.79 Å². The van der Waals surface area contributed by atoms with Crippen molar-refractivity contribution in [1.82, 2.24) is 9.97 Å². The zero-order valence-corrected chi connectivity index (χ0v) is 17.6. The lowest BCUT2D eigenvalue weighted by atomic mass is 9.82. The maximum atomic E-state index is 12.8. The van der Waals surface area contributed by atoms with Gasteiger partial charge in [0.05, 0.1) is 31.0 Å². The standard InChI is InChI=1S/C24H21N3O5/c1-30-20-8-7-13(11-21(20)31-2)14-9-18-17(19(28)10-14)12-25-24(26-18)27-22-15-5-3-4-6-16(15)23(29)32-22/h3-8,11-12,14,22H,9-10H2,1-2H3,(H,25,26,27)/t14-,22+/m1/s1. The van der Waals surface area contributed by atoms with Crippen LogP contribution < -0.4 is 14.8 Å². The van der Waals surface area contributed by atoms with Gasteiger partial charge in [0.2, 0.25) is 12.2 Å². The van der Waals surface area contributed by atoms with E-state index in [0.29, 0.717) is 47.1 Å². The van der Waals surface area contributed by atoms with Crippen molar-refractivity contribution in [3.05, 3.63) is 76.6 Å². The van der Waals surface area contributed by atoms with Crippen molar-refractivity contribution in [2.75, 3.05) is 19.5 Å². The summed E-state index contributed by atoms with van der Waals surface area (Å²) >= 11 is 0. The number of carbonyl (C=O) groups is 2. The number of benzene rings is 2. The molecule has 0 radical (unpaired) electrons. The minimum atomic E-state index is -0.669. The molecule has 2 heterocycles. The summed E-state index contributed by atoms with van der Waals surface area (Å²) in [5.41, 5.74) is 3.42. The topological polar surface area (TPSA) is 99.6 Å². The third kappa shape index (κ3) is 3.43. The molecule has 0 spiro atoms. The average molecular weight is 431 g/mol. The molecule has 1 aliphatic carbocycles. The van der Waals surface area contributed by atoms with Crippen LogP contribution in [0.2, 0.25) is 0 Å². The van der Waals surface area contributed by atoms with E-state index in [4.69, 9.17) is 14.2 Å². The lowest BCUT2D eigenvalue weighted by Crippen LogP contribution is -2.22. The molecule has 0 unspecified atom stereocenters. The third-order valence-electron chi connectivity index (χ3n) is 5.87. The molecule has 3 aromatic rings. The second-order valence-corrected chi connectivity index (χ2v) is 7.71. The molecule has 0 amide bonds. The number of Topliss-reactive ketones (excluding diaryl/α,β-unsaturated/α-hetero) is 1. The maximum Gasteiger partial charge on any atom is 0.340 e. The van der Waals surface area contributed by atoms with E-state index in [1.54, 1.807) is 32.5 Å². The van der Waals surface area contributed by atoms with Crippen molar-refractivity contribution in [3.8, 4) is 11.5 Å². The number of fused-ring (bicyclic) bond motifs is 2. The normalized spacial score (nSPS) is 19.1. The van der Waals surface area contributed by atoms with E-state index in [-0.39, 0.29) is 17.7 Å². The van der Waals surface area contributed by atoms with Gasteiger partial charge in [0.1, 0.15) is 0 Å². The van der Waals surface area contributed by atoms with Crippen LogP contribution in [0.25, 0.3) is 0 Å². The Bertz CT molecular complexity index is 1230. The zero-order chi connectivity index (χ0) is 22.2. The summed E-state index contributed by atoms with van der Waals surface area (Å²) in [6.45, 7) is 0. The fourth-order valence-corrected chi connectivity index (χ4v) is 4.23. The molecule has 0 saturated heterocycles. The number of carbonyl (C=O) groups excluding carboxylic acids is 2. The van der Waals surface area contributed by atoms with E-state index < -0.39 is 6.23 Å². The Morgan fingerprint density at radius 1 is 1.00 bits per heavy atom. The van der Waals surface area contributed by atoms with Gasteiger partial charge in [0, 0.05) is 18.2 Å². The highest BCUT2D eigenvalue weighted by Gasteiger charge is 2.32. The molecule has 5 rings (SSSR count). The van der Waals surface area contributed by atoms with Crippen LogP contribution in [-0.4, -0.2) is 35.9 Å². The second-order valence-electron chi connectivity index (χ2n) is 7.71. The number of esters is 1. The van der Waals surface area contributed by atoms with Crippen LogP contribution in [0.5, 0.6) is 11.5 Å². The van der Waals surface area contributed by atoms with Gasteiger partial charge in [0.15, 0.2) is 17.3 Å². The molecular weight excluding hydrogens is 410 g/mol. The maximum absolute atomic E-state index is 12.8. The molecule has 0 bridgehead atoms. The van der Waals surface area contributed by atoms with Gasteiger partial charge in [-0.15, -0.1) is 0 Å². The first-order valence-corrected chi connectivity index (χ1v) is 10.2. The fourth-order valence-electron chi connectivity index (χ4n) is 4.23. The van der Waals surface area contributed by atoms with Gasteiger partial charge in [-0.1, -0.05) is 24.3 Å². The number of cyclic esters (lactones) is 1. The van der Waals surface area contributed by atoms with Crippen molar-refractivity contribution in [2.24, 2.45) is 0 Å². The van der Waals surface area contributed by atoms with Crippen molar-refractivity contribution in [3.63, 3.8) is 0 Å². The molecule has 1 N–H and O–H groups in total. The number of hydrogen-bond donors (Lipinski definition) is 1. The number of nitrogens with zero attached hydrogens (tertiary/aromatic N) is 2. The van der Waals surface area contributed by atoms with Gasteiger partial charge >= 0.3 is 5.97 Å². The molecular formula is C24H21N3O5. The van der Waals surface area contributed by atoms with E-state index in [2.05, 4.69) is 15.3 Å². The number of rotatable bonds is 5. The highest BCUT2D eigenvalue weighted by atomic mass is 16.6. The summed E-state index contributed by atoms with van der Waals surface area (Å²) in [6, 6.07) is 12.9. The molecule has 162 valence electrons. The Hall–Kier alpha value is -3.94. The van der Waals surface area contributed by atoms with Crippen LogP contribution >= 0.6 is 0 Å². The van der Waals surface area contributed by atoms with E-state index in [9.17, 15) is 9.59 Å². The van der Waals surface area contributed by atoms with Gasteiger partial charge in [0.25, 0.3) is 0 Å². The molecule has 0 saturated carbocycles. The predicted octanol–water partition coefficient (Wildman–Crippen LogP) is 3.69. The number of aromatic nitrogens is 2. The van der Waals surface area contributed by atoms with Crippen LogP contribution in [-0.2, 0) is 11.2 Å². The number of hydrogen-bond acceptors (Lipinski definition) is 8. The molecule has 1 aliphatic heterocycles. The van der Waals surface area contributed by atoms with Gasteiger partial charge < -0.3 is 19.5 Å². The van der Waals surface area contributed by atoms with Crippen LogP contribution in [0.15, 0.2) is 48.7 Å². The summed E-state index contributed by atoms with van der Waals surface area (Å²) in [6.07, 6.45) is 1.82. The van der Waals surface area contributed by atoms with Crippen LogP contribution in [0.3, 0.4) is 0 Å². The van der Waals surface area contributed by atoms with Crippen LogP contribution in [0.1, 0.15) is 56.1 Å². The lowest BCUT2D eigenvalue weighted by molar-refractivity contribution is 0.0436. The van der Waals surface area contributed by atoms with E-state index in [0.717, 1.165) is 11.1 Å². The Morgan fingerprint density at radius 3 is 2.62 bits per heavy atom. The highest BCUT2D eigenvalue weighted by Crippen LogP contribution is 2.37. The van der Waals surface area contributed by atoms with Crippen LogP contribution in [0, 0.1) is 0 Å². The molecule has 2 aliphatic rings. The first-order valence-electron chi connectivity index (χ1n) is 10.2. The molecule has 0 fully saturated rings. The van der Waals surface area contributed by atoms with Crippen molar-refractivity contribution in [2.45, 2.75) is 25.0 Å². The summed E-state index contributed by atoms with van der Waals surface area (Å²) in [5, 5.41) is 3.07. The number of ether oxygens (including phenoxy) is 3. The molecule has 2 atom stereocenters. The number of ketones is 1. The minimum absolute atomic E-state index is 0.00442. The lowest BCUT2D eigenvalue weighted by Gasteiger charge is -2.24. The summed E-state index contributed by atoms with van der Waals surface area (Å²) in [5.74, 6) is 1.13. The molecule has 2 aromatic carbocycles. The predicted molar refractivity (Wildman–Crippen MR) is 115 cm³/mol. The Balaban J connectivity index is 1.41. The fraction of sp³-hybridized carbons (Fsp3) is 0.250. The summed E-state index contributed by atoms with van der Waals surface area (Å²) < 4.78 is 16.1. The first kappa shape index (κ1) is 20.0. The number of anilines is 1. The van der Waals surface area contributed by atoms with Crippen molar-refractivity contribution < 1.29 is 23.8 Å². The third-order valence-corrected chi connectivity index (χ3v) is 5.87. The molecule has 8 nitrogen and oxygen atoms in total. The largest absolute Gasteiger partial charge is 0.493 e. The van der Waals surface area contributed by atoms with Gasteiger partial charge in [-0.2, -0.15) is 0 Å². The van der Waals surface area contributed by atoms with Gasteiger partial charge in [-0.25, -0.2) is 14.8 Å². The average Bonchev–Trinajstić information content (AvgIpc) is 3.13. The van der Waals surface area contributed by atoms with Crippen molar-refractivity contribution >= 4 is 17.7 Å². The molecule has 1 aromatic heterocycles. The Morgan fingerprint density at radius 2 is 1.81 bits per heavy atom. The smallest absolute Gasteiger partial charge is 0.340 e. The monoisotopic (exact) mass is 431 g/mol. The quantitative estimate of drug-likeness (QED) is 0.611. The molecule has 32 heavy (non-hydrogen) atoms. The van der Waals surface area contributed by atoms with Gasteiger partial charge in [-0.05, 0) is 36.1 Å². The molecule has 8 heteroatoms. The summed E-state index contributed by atoms with van der Waals surface area (Å²) in [7, 11) is 3.17. The van der Waals surface area contributed by atoms with E-state index >= 15 is 0 Å².